The molecule has 10 aromatic rings. The first-order valence-corrected chi connectivity index (χ1v) is 17.3. The average Bonchev–Trinajstić information content (AvgIpc) is 3.74. The average molecular weight is 659 g/mol. The molecule has 0 saturated heterocycles. The first-order chi connectivity index (χ1) is 24.8. The lowest BCUT2D eigenvalue weighted by Gasteiger charge is -2.11. The second-order valence-corrected chi connectivity index (χ2v) is 13.2. The molecule has 0 atom stereocenters. The van der Waals surface area contributed by atoms with E-state index in [1.165, 1.54) is 10.1 Å². The normalized spacial score (nSPS) is 11.6. The standard InChI is InChI=1S/C43H26N6S/c1-4-14-27(15-5-1)38-37-32-21-11-13-23-36(32)50-42(37)48-43(44-38)49-34-22-12-10-20-31(34)33-26-30(24-25-35(33)49)41-46-39(28-16-6-2-7-17-28)45-40(47-41)29-18-8-3-9-19-29/h1-26H. The molecule has 0 fully saturated rings. The van der Waals surface area contributed by atoms with Crippen molar-refractivity contribution < 1.29 is 0 Å². The zero-order chi connectivity index (χ0) is 33.0. The van der Waals surface area contributed by atoms with E-state index < -0.39 is 0 Å². The summed E-state index contributed by atoms with van der Waals surface area (Å²) in [6, 6.07) is 53.9. The number of benzene rings is 6. The molecule has 0 saturated carbocycles. The number of rotatable bonds is 5. The van der Waals surface area contributed by atoms with Crippen LogP contribution in [0.15, 0.2) is 158 Å². The van der Waals surface area contributed by atoms with E-state index >= 15 is 0 Å². The third-order valence-electron chi connectivity index (χ3n) is 9.10. The maximum Gasteiger partial charge on any atom is 0.236 e. The molecule has 4 heterocycles. The van der Waals surface area contributed by atoms with Crippen molar-refractivity contribution in [3.63, 3.8) is 0 Å². The SMILES string of the molecule is c1ccc(-c2nc(-c3ccccc3)nc(-c3ccc4c(c3)c3ccccc3n4-c3nc(-c4ccccc4)c4c(n3)sc3ccccc34)n2)cc1. The van der Waals surface area contributed by atoms with Gasteiger partial charge in [0.25, 0.3) is 0 Å². The number of para-hydroxylation sites is 1. The predicted octanol–water partition coefficient (Wildman–Crippen LogP) is 10.8. The van der Waals surface area contributed by atoms with Crippen molar-refractivity contribution >= 4 is 53.4 Å². The molecule has 0 N–H and O–H groups in total. The maximum absolute atomic E-state index is 5.33. The van der Waals surface area contributed by atoms with Crippen LogP contribution in [-0.4, -0.2) is 29.5 Å². The van der Waals surface area contributed by atoms with Crippen molar-refractivity contribution in [3.8, 4) is 51.4 Å². The first kappa shape index (κ1) is 28.4. The van der Waals surface area contributed by atoms with Crippen LogP contribution in [0, 0.1) is 0 Å². The summed E-state index contributed by atoms with van der Waals surface area (Å²) in [5, 5.41) is 4.43. The third-order valence-corrected chi connectivity index (χ3v) is 10.2. The van der Waals surface area contributed by atoms with Crippen LogP contribution in [0.25, 0.3) is 93.5 Å². The number of fused-ring (bicyclic) bond motifs is 6. The van der Waals surface area contributed by atoms with Crippen LogP contribution in [0.4, 0.5) is 0 Å². The van der Waals surface area contributed by atoms with E-state index in [-0.39, 0.29) is 0 Å². The van der Waals surface area contributed by atoms with Gasteiger partial charge in [0, 0.05) is 48.5 Å². The highest BCUT2D eigenvalue weighted by molar-refractivity contribution is 7.25. The fraction of sp³-hybridized carbons (Fsp3) is 0. The van der Waals surface area contributed by atoms with Gasteiger partial charge in [-0.1, -0.05) is 127 Å². The number of hydrogen-bond donors (Lipinski definition) is 0. The highest BCUT2D eigenvalue weighted by Crippen LogP contribution is 2.40. The van der Waals surface area contributed by atoms with Crippen LogP contribution in [0.1, 0.15) is 0 Å². The van der Waals surface area contributed by atoms with Gasteiger partial charge in [0.05, 0.1) is 16.7 Å². The fourth-order valence-corrected chi connectivity index (χ4v) is 7.85. The van der Waals surface area contributed by atoms with Crippen molar-refractivity contribution in [2.45, 2.75) is 0 Å². The Morgan fingerprint density at radius 1 is 0.400 bits per heavy atom. The largest absolute Gasteiger partial charge is 0.278 e. The van der Waals surface area contributed by atoms with Crippen molar-refractivity contribution in [1.29, 1.82) is 0 Å². The van der Waals surface area contributed by atoms with Crippen molar-refractivity contribution in [3.05, 3.63) is 158 Å². The quantitative estimate of drug-likeness (QED) is 0.184. The molecule has 0 aliphatic heterocycles. The lowest BCUT2D eigenvalue weighted by molar-refractivity contribution is 1.02. The molecule has 0 aliphatic rings. The molecule has 0 radical (unpaired) electrons. The number of hydrogen-bond acceptors (Lipinski definition) is 6. The fourth-order valence-electron chi connectivity index (χ4n) is 6.78. The second kappa shape index (κ2) is 11.5. The Morgan fingerprint density at radius 2 is 0.940 bits per heavy atom. The Labute approximate surface area is 291 Å². The van der Waals surface area contributed by atoms with Gasteiger partial charge in [-0.2, -0.15) is 0 Å². The van der Waals surface area contributed by atoms with E-state index in [2.05, 4.69) is 95.6 Å². The van der Waals surface area contributed by atoms with Gasteiger partial charge in [-0.05, 0) is 30.3 Å². The van der Waals surface area contributed by atoms with Gasteiger partial charge in [-0.3, -0.25) is 4.57 Å². The molecule has 6 nitrogen and oxygen atoms in total. The number of thiophene rings is 1. The Balaban J connectivity index is 1.21. The van der Waals surface area contributed by atoms with Crippen LogP contribution >= 0.6 is 11.3 Å². The van der Waals surface area contributed by atoms with E-state index in [1.807, 2.05) is 66.7 Å². The minimum Gasteiger partial charge on any atom is -0.278 e. The Kier molecular flexibility index (Phi) is 6.57. The number of aromatic nitrogens is 6. The number of nitrogens with zero attached hydrogens (tertiary/aromatic N) is 6. The first-order valence-electron chi connectivity index (χ1n) is 16.4. The molecule has 7 heteroatoms. The third kappa shape index (κ3) is 4.67. The van der Waals surface area contributed by atoms with Gasteiger partial charge in [-0.15, -0.1) is 11.3 Å². The van der Waals surface area contributed by atoms with Crippen LogP contribution in [0.2, 0.25) is 0 Å². The van der Waals surface area contributed by atoms with Crippen molar-refractivity contribution in [2.24, 2.45) is 0 Å². The molecule has 234 valence electrons. The molecular weight excluding hydrogens is 633 g/mol. The molecule has 0 spiro atoms. The molecule has 10 rings (SSSR count). The minimum atomic E-state index is 0.616. The van der Waals surface area contributed by atoms with Crippen LogP contribution < -0.4 is 0 Å². The van der Waals surface area contributed by atoms with Gasteiger partial charge in [0.2, 0.25) is 5.95 Å². The summed E-state index contributed by atoms with van der Waals surface area (Å²) < 4.78 is 3.38. The zero-order valence-corrected chi connectivity index (χ0v) is 27.4. The Morgan fingerprint density at radius 3 is 1.62 bits per heavy atom. The monoisotopic (exact) mass is 658 g/mol. The van der Waals surface area contributed by atoms with Crippen molar-refractivity contribution in [1.82, 2.24) is 29.5 Å². The lowest BCUT2D eigenvalue weighted by atomic mass is 10.1. The van der Waals surface area contributed by atoms with Gasteiger partial charge in [-0.25, -0.2) is 24.9 Å². The topological polar surface area (TPSA) is 69.4 Å². The summed E-state index contributed by atoms with van der Waals surface area (Å²) in [4.78, 5) is 26.4. The summed E-state index contributed by atoms with van der Waals surface area (Å²) in [6.45, 7) is 0. The van der Waals surface area contributed by atoms with Crippen LogP contribution in [-0.2, 0) is 0 Å². The molecule has 0 amide bonds. The molecule has 0 bridgehead atoms. The molecule has 0 aliphatic carbocycles. The van der Waals surface area contributed by atoms with E-state index in [9.17, 15) is 0 Å². The molecule has 4 aromatic heterocycles. The van der Waals surface area contributed by atoms with E-state index in [0.717, 1.165) is 60.0 Å². The van der Waals surface area contributed by atoms with Gasteiger partial charge >= 0.3 is 0 Å². The summed E-state index contributed by atoms with van der Waals surface area (Å²) >= 11 is 1.70. The lowest BCUT2D eigenvalue weighted by Crippen LogP contribution is -2.03. The molecule has 0 unspecified atom stereocenters. The van der Waals surface area contributed by atoms with Gasteiger partial charge < -0.3 is 0 Å². The van der Waals surface area contributed by atoms with E-state index in [4.69, 9.17) is 24.9 Å². The summed E-state index contributed by atoms with van der Waals surface area (Å²) in [7, 11) is 0. The van der Waals surface area contributed by atoms with Crippen LogP contribution in [0.5, 0.6) is 0 Å². The Bertz CT molecular complexity index is 2810. The summed E-state index contributed by atoms with van der Waals surface area (Å²) in [5.41, 5.74) is 6.81. The van der Waals surface area contributed by atoms with E-state index in [0.29, 0.717) is 23.4 Å². The van der Waals surface area contributed by atoms with Crippen LogP contribution in [0.3, 0.4) is 0 Å². The zero-order valence-electron chi connectivity index (χ0n) is 26.6. The smallest absolute Gasteiger partial charge is 0.236 e. The Hall–Kier alpha value is -6.57. The van der Waals surface area contributed by atoms with Crippen molar-refractivity contribution in [2.75, 3.05) is 0 Å². The second-order valence-electron chi connectivity index (χ2n) is 12.1. The predicted molar refractivity (Wildman–Crippen MR) is 204 cm³/mol. The molecule has 6 aromatic carbocycles. The van der Waals surface area contributed by atoms with Gasteiger partial charge in [0.15, 0.2) is 17.5 Å². The molecular formula is C43H26N6S. The van der Waals surface area contributed by atoms with E-state index in [1.54, 1.807) is 11.3 Å². The molecule has 50 heavy (non-hydrogen) atoms. The highest BCUT2D eigenvalue weighted by Gasteiger charge is 2.21. The summed E-state index contributed by atoms with van der Waals surface area (Å²) in [6.07, 6.45) is 0. The summed E-state index contributed by atoms with van der Waals surface area (Å²) in [5.74, 6) is 2.52. The maximum atomic E-state index is 5.33. The highest BCUT2D eigenvalue weighted by atomic mass is 32.1. The van der Waals surface area contributed by atoms with Gasteiger partial charge in [0.1, 0.15) is 4.83 Å². The minimum absolute atomic E-state index is 0.616.